The average Bonchev–Trinajstić information content (AvgIpc) is 2.51. The molecule has 0 fully saturated rings. The smallest absolute Gasteiger partial charge is 0.226 e. The van der Waals surface area contributed by atoms with Crippen LogP contribution in [0.5, 0.6) is 5.75 Å². The average molecular weight is 306 g/mol. The molecule has 1 aromatic carbocycles. The molecule has 2 amide bonds. The Labute approximate surface area is 132 Å². The van der Waals surface area contributed by atoms with Gasteiger partial charge < -0.3 is 15.0 Å². The van der Waals surface area contributed by atoms with Gasteiger partial charge in [0.05, 0.1) is 7.11 Å². The maximum absolute atomic E-state index is 11.9. The van der Waals surface area contributed by atoms with Crippen molar-refractivity contribution in [1.82, 2.24) is 4.90 Å². The number of nitrogens with zero attached hydrogens (tertiary/aromatic N) is 1. The Morgan fingerprint density at radius 1 is 1.14 bits per heavy atom. The highest BCUT2D eigenvalue weighted by Crippen LogP contribution is 2.15. The summed E-state index contributed by atoms with van der Waals surface area (Å²) in [6.45, 7) is 4.85. The van der Waals surface area contributed by atoms with E-state index in [2.05, 4.69) is 12.2 Å². The van der Waals surface area contributed by atoms with Gasteiger partial charge in [-0.2, -0.15) is 0 Å². The molecule has 1 rings (SSSR count). The molecule has 122 valence electrons. The van der Waals surface area contributed by atoms with Gasteiger partial charge >= 0.3 is 0 Å². The van der Waals surface area contributed by atoms with Gasteiger partial charge in [0.25, 0.3) is 0 Å². The highest BCUT2D eigenvalue weighted by atomic mass is 16.5. The van der Waals surface area contributed by atoms with Gasteiger partial charge in [-0.05, 0) is 30.7 Å². The molecule has 0 spiro atoms. The maximum Gasteiger partial charge on any atom is 0.226 e. The van der Waals surface area contributed by atoms with Crippen molar-refractivity contribution in [3.05, 3.63) is 24.3 Å². The second kappa shape index (κ2) is 9.82. The number of benzene rings is 1. The summed E-state index contributed by atoms with van der Waals surface area (Å²) in [5.74, 6) is 0.678. The van der Waals surface area contributed by atoms with E-state index in [4.69, 9.17) is 4.74 Å². The summed E-state index contributed by atoms with van der Waals surface area (Å²) in [4.78, 5) is 25.2. The first kappa shape index (κ1) is 18.0. The normalized spacial score (nSPS) is 10.1. The van der Waals surface area contributed by atoms with E-state index in [1.165, 1.54) is 0 Å². The van der Waals surface area contributed by atoms with E-state index in [-0.39, 0.29) is 11.8 Å². The van der Waals surface area contributed by atoms with E-state index in [1.54, 1.807) is 43.2 Å². The van der Waals surface area contributed by atoms with Crippen molar-refractivity contribution in [3.8, 4) is 5.75 Å². The van der Waals surface area contributed by atoms with Gasteiger partial charge in [0, 0.05) is 32.1 Å². The molecule has 0 aliphatic carbocycles. The minimum absolute atomic E-state index is 0.0216. The summed E-state index contributed by atoms with van der Waals surface area (Å²) in [5, 5.41) is 2.82. The SMILES string of the molecule is CCCCCN(CCC(=O)Nc1ccc(OC)cc1)C(C)=O. The lowest BCUT2D eigenvalue weighted by Crippen LogP contribution is -2.32. The number of methoxy groups -OCH3 is 1. The Bertz CT molecular complexity index is 471. The minimum Gasteiger partial charge on any atom is -0.497 e. The lowest BCUT2D eigenvalue weighted by molar-refractivity contribution is -0.129. The standard InChI is InChI=1S/C17H26N2O3/c1-4-5-6-12-19(14(2)20)13-11-17(21)18-15-7-9-16(22-3)10-8-15/h7-10H,4-6,11-13H2,1-3H3,(H,18,21). The predicted octanol–water partition coefficient (Wildman–Crippen LogP) is 3.06. The van der Waals surface area contributed by atoms with Crippen LogP contribution in [0.25, 0.3) is 0 Å². The fourth-order valence-corrected chi connectivity index (χ4v) is 2.11. The number of hydrogen-bond acceptors (Lipinski definition) is 3. The van der Waals surface area contributed by atoms with Gasteiger partial charge in [0.15, 0.2) is 0 Å². The van der Waals surface area contributed by atoms with Crippen LogP contribution in [0.4, 0.5) is 5.69 Å². The Kier molecular flexibility index (Phi) is 8.04. The van der Waals surface area contributed by atoms with E-state index in [0.717, 1.165) is 37.2 Å². The summed E-state index contributed by atoms with van der Waals surface area (Å²) < 4.78 is 5.07. The van der Waals surface area contributed by atoms with Crippen LogP contribution in [0.1, 0.15) is 39.5 Å². The first-order chi connectivity index (χ1) is 10.6. The number of unbranched alkanes of at least 4 members (excludes halogenated alkanes) is 2. The highest BCUT2D eigenvalue weighted by molar-refractivity contribution is 5.91. The second-order valence-corrected chi connectivity index (χ2v) is 5.24. The Morgan fingerprint density at radius 2 is 1.82 bits per heavy atom. The van der Waals surface area contributed by atoms with Gasteiger partial charge in [-0.1, -0.05) is 19.8 Å². The molecule has 5 nitrogen and oxygen atoms in total. The lowest BCUT2D eigenvalue weighted by atomic mass is 10.2. The molecule has 0 saturated carbocycles. The first-order valence-electron chi connectivity index (χ1n) is 7.76. The quantitative estimate of drug-likeness (QED) is 0.713. The molecular formula is C17H26N2O3. The summed E-state index contributed by atoms with van der Waals surface area (Å²) in [6.07, 6.45) is 3.50. The number of ether oxygens (including phenoxy) is 1. The molecule has 1 aromatic rings. The molecule has 0 unspecified atom stereocenters. The van der Waals surface area contributed by atoms with Crippen LogP contribution in [0.15, 0.2) is 24.3 Å². The highest BCUT2D eigenvalue weighted by Gasteiger charge is 2.11. The van der Waals surface area contributed by atoms with E-state index >= 15 is 0 Å². The number of anilines is 1. The zero-order valence-corrected chi connectivity index (χ0v) is 13.7. The molecule has 0 heterocycles. The largest absolute Gasteiger partial charge is 0.497 e. The zero-order chi connectivity index (χ0) is 16.4. The molecule has 0 bridgehead atoms. The first-order valence-corrected chi connectivity index (χ1v) is 7.76. The van der Waals surface area contributed by atoms with Gasteiger partial charge in [0.1, 0.15) is 5.75 Å². The van der Waals surface area contributed by atoms with Crippen molar-refractivity contribution < 1.29 is 14.3 Å². The van der Waals surface area contributed by atoms with Crippen molar-refractivity contribution in [2.24, 2.45) is 0 Å². The summed E-state index contributed by atoms with van der Waals surface area (Å²) in [7, 11) is 1.60. The number of carbonyl (C=O) groups is 2. The number of nitrogens with one attached hydrogen (secondary N) is 1. The molecule has 0 aromatic heterocycles. The fraction of sp³-hybridized carbons (Fsp3) is 0.529. The van der Waals surface area contributed by atoms with Crippen molar-refractivity contribution >= 4 is 17.5 Å². The lowest BCUT2D eigenvalue weighted by Gasteiger charge is -2.20. The van der Waals surface area contributed by atoms with Gasteiger partial charge in [0.2, 0.25) is 11.8 Å². The number of amides is 2. The van der Waals surface area contributed by atoms with Gasteiger partial charge in [-0.15, -0.1) is 0 Å². The Balaban J connectivity index is 2.40. The number of carbonyl (C=O) groups excluding carboxylic acids is 2. The van der Waals surface area contributed by atoms with E-state index in [0.29, 0.717) is 13.0 Å². The fourth-order valence-electron chi connectivity index (χ4n) is 2.11. The minimum atomic E-state index is -0.0908. The summed E-state index contributed by atoms with van der Waals surface area (Å²) >= 11 is 0. The van der Waals surface area contributed by atoms with Crippen LogP contribution in [0, 0.1) is 0 Å². The third-order valence-corrected chi connectivity index (χ3v) is 3.46. The van der Waals surface area contributed by atoms with Crippen molar-refractivity contribution in [2.75, 3.05) is 25.5 Å². The summed E-state index contributed by atoms with van der Waals surface area (Å²) in [5.41, 5.74) is 0.728. The van der Waals surface area contributed by atoms with Crippen LogP contribution in [-0.4, -0.2) is 36.9 Å². The number of rotatable bonds is 9. The van der Waals surface area contributed by atoms with E-state index in [1.807, 2.05) is 0 Å². The molecule has 22 heavy (non-hydrogen) atoms. The van der Waals surface area contributed by atoms with Crippen molar-refractivity contribution in [2.45, 2.75) is 39.5 Å². The topological polar surface area (TPSA) is 58.6 Å². The molecule has 0 radical (unpaired) electrons. The van der Waals surface area contributed by atoms with Crippen LogP contribution in [0.2, 0.25) is 0 Å². The second-order valence-electron chi connectivity index (χ2n) is 5.24. The molecule has 1 N–H and O–H groups in total. The Hall–Kier alpha value is -2.04. The van der Waals surface area contributed by atoms with Gasteiger partial charge in [-0.25, -0.2) is 0 Å². The molecule has 0 atom stereocenters. The maximum atomic E-state index is 11.9. The van der Waals surface area contributed by atoms with Crippen LogP contribution >= 0.6 is 0 Å². The molecular weight excluding hydrogens is 280 g/mol. The van der Waals surface area contributed by atoms with Crippen molar-refractivity contribution in [3.63, 3.8) is 0 Å². The van der Waals surface area contributed by atoms with Crippen LogP contribution in [0.3, 0.4) is 0 Å². The Morgan fingerprint density at radius 3 is 2.36 bits per heavy atom. The summed E-state index contributed by atoms with van der Waals surface area (Å²) in [6, 6.07) is 7.17. The molecule has 0 saturated heterocycles. The van der Waals surface area contributed by atoms with Gasteiger partial charge in [-0.3, -0.25) is 9.59 Å². The molecule has 0 aliphatic heterocycles. The van der Waals surface area contributed by atoms with Crippen molar-refractivity contribution in [1.29, 1.82) is 0 Å². The van der Waals surface area contributed by atoms with E-state index in [9.17, 15) is 9.59 Å². The molecule has 0 aliphatic rings. The van der Waals surface area contributed by atoms with Crippen LogP contribution < -0.4 is 10.1 Å². The van der Waals surface area contributed by atoms with E-state index < -0.39 is 0 Å². The monoisotopic (exact) mass is 306 g/mol. The number of hydrogen-bond donors (Lipinski definition) is 1. The molecule has 5 heteroatoms. The zero-order valence-electron chi connectivity index (χ0n) is 13.7. The van der Waals surface area contributed by atoms with Crippen LogP contribution in [-0.2, 0) is 9.59 Å². The third-order valence-electron chi connectivity index (χ3n) is 3.46. The predicted molar refractivity (Wildman–Crippen MR) is 88.0 cm³/mol. The third kappa shape index (κ3) is 6.61.